The molecule has 118 valence electrons. The van der Waals surface area contributed by atoms with Crippen molar-refractivity contribution in [2.45, 2.75) is 13.0 Å². The summed E-state index contributed by atoms with van der Waals surface area (Å²) in [4.78, 5) is 8.67. The maximum atomic E-state index is 9.97. The van der Waals surface area contributed by atoms with Gasteiger partial charge in [-0.05, 0) is 18.4 Å². The third kappa shape index (κ3) is 2.45. The van der Waals surface area contributed by atoms with Gasteiger partial charge in [-0.25, -0.2) is 9.67 Å². The van der Waals surface area contributed by atoms with Crippen molar-refractivity contribution in [1.29, 1.82) is 0 Å². The van der Waals surface area contributed by atoms with Gasteiger partial charge in [0.1, 0.15) is 0 Å². The van der Waals surface area contributed by atoms with E-state index in [1.54, 1.807) is 30.2 Å². The maximum absolute atomic E-state index is 9.97. The smallest absolute Gasteiger partial charge is 0.161 e. The summed E-state index contributed by atoms with van der Waals surface area (Å²) in [5, 5.41) is 16.4. The summed E-state index contributed by atoms with van der Waals surface area (Å²) in [6, 6.07) is 11.8. The SMILES string of the molecule is CC(O)c1cnc(-n2cc(-c3cccnc3)cn2)c2ccccc12. The molecule has 3 heterocycles. The molecule has 0 radical (unpaired) electrons. The fraction of sp³-hybridized carbons (Fsp3) is 0.105. The van der Waals surface area contributed by atoms with Crippen molar-refractivity contribution in [3.05, 3.63) is 72.9 Å². The molecule has 24 heavy (non-hydrogen) atoms. The maximum Gasteiger partial charge on any atom is 0.161 e. The molecule has 4 rings (SSSR count). The van der Waals surface area contributed by atoms with Gasteiger partial charge < -0.3 is 5.11 Å². The molecule has 1 unspecified atom stereocenters. The van der Waals surface area contributed by atoms with Crippen molar-refractivity contribution >= 4 is 10.8 Å². The second-order valence-electron chi connectivity index (χ2n) is 5.67. The van der Waals surface area contributed by atoms with Crippen LogP contribution < -0.4 is 0 Å². The lowest BCUT2D eigenvalue weighted by Crippen LogP contribution is -2.02. The summed E-state index contributed by atoms with van der Waals surface area (Å²) in [5.74, 6) is 0.741. The number of pyridine rings is 2. The number of aromatic nitrogens is 4. The average Bonchev–Trinajstić information content (AvgIpc) is 3.11. The number of fused-ring (bicyclic) bond motifs is 1. The van der Waals surface area contributed by atoms with Gasteiger partial charge in [0.15, 0.2) is 5.82 Å². The number of rotatable bonds is 3. The minimum absolute atomic E-state index is 0.569. The van der Waals surface area contributed by atoms with Crippen molar-refractivity contribution in [2.75, 3.05) is 0 Å². The average molecular weight is 316 g/mol. The monoisotopic (exact) mass is 316 g/mol. The molecule has 0 amide bonds. The van der Waals surface area contributed by atoms with Crippen LogP contribution in [-0.2, 0) is 0 Å². The van der Waals surface area contributed by atoms with E-state index in [0.29, 0.717) is 0 Å². The molecule has 0 saturated carbocycles. The second-order valence-corrected chi connectivity index (χ2v) is 5.67. The highest BCUT2D eigenvalue weighted by Crippen LogP contribution is 2.28. The zero-order chi connectivity index (χ0) is 16.5. The van der Waals surface area contributed by atoms with Crippen LogP contribution >= 0.6 is 0 Å². The lowest BCUT2D eigenvalue weighted by atomic mass is 10.0. The van der Waals surface area contributed by atoms with Gasteiger partial charge in [-0.1, -0.05) is 30.3 Å². The molecule has 3 aromatic heterocycles. The van der Waals surface area contributed by atoms with E-state index >= 15 is 0 Å². The number of hydrogen-bond donors (Lipinski definition) is 1. The van der Waals surface area contributed by atoms with Crippen molar-refractivity contribution < 1.29 is 5.11 Å². The quantitative estimate of drug-likeness (QED) is 0.628. The van der Waals surface area contributed by atoms with Crippen molar-refractivity contribution in [1.82, 2.24) is 19.7 Å². The molecule has 0 fully saturated rings. The normalized spacial score (nSPS) is 12.4. The highest BCUT2D eigenvalue weighted by atomic mass is 16.3. The summed E-state index contributed by atoms with van der Waals surface area (Å²) < 4.78 is 1.76. The van der Waals surface area contributed by atoms with E-state index < -0.39 is 6.10 Å². The molecular weight excluding hydrogens is 300 g/mol. The summed E-state index contributed by atoms with van der Waals surface area (Å²) in [7, 11) is 0. The Morgan fingerprint density at radius 3 is 2.54 bits per heavy atom. The molecule has 0 bridgehead atoms. The Balaban J connectivity index is 1.86. The largest absolute Gasteiger partial charge is 0.389 e. The van der Waals surface area contributed by atoms with Crippen molar-refractivity contribution in [2.24, 2.45) is 0 Å². The van der Waals surface area contributed by atoms with Crippen molar-refractivity contribution in [3.63, 3.8) is 0 Å². The molecule has 5 heteroatoms. The number of nitrogens with zero attached hydrogens (tertiary/aromatic N) is 4. The number of aliphatic hydroxyl groups is 1. The van der Waals surface area contributed by atoms with Gasteiger partial charge in [0, 0.05) is 46.9 Å². The van der Waals surface area contributed by atoms with Gasteiger partial charge in [0.2, 0.25) is 0 Å². The molecular formula is C19H16N4O. The molecule has 0 spiro atoms. The number of benzene rings is 1. The van der Waals surface area contributed by atoms with Gasteiger partial charge >= 0.3 is 0 Å². The van der Waals surface area contributed by atoms with E-state index in [2.05, 4.69) is 15.1 Å². The second kappa shape index (κ2) is 5.86. The Hall–Kier alpha value is -3.05. The first kappa shape index (κ1) is 14.5. The molecule has 5 nitrogen and oxygen atoms in total. The van der Waals surface area contributed by atoms with Gasteiger partial charge in [0.05, 0.1) is 12.3 Å². The van der Waals surface area contributed by atoms with Crippen LogP contribution in [0.2, 0.25) is 0 Å². The van der Waals surface area contributed by atoms with Crippen LogP contribution in [0.15, 0.2) is 67.4 Å². The Labute approximate surface area is 139 Å². The van der Waals surface area contributed by atoms with E-state index in [9.17, 15) is 5.11 Å². The first-order valence-corrected chi connectivity index (χ1v) is 7.75. The van der Waals surface area contributed by atoms with Crippen molar-refractivity contribution in [3.8, 4) is 16.9 Å². The molecule has 1 atom stereocenters. The molecule has 4 aromatic rings. The Bertz CT molecular complexity index is 993. The van der Waals surface area contributed by atoms with Crippen LogP contribution in [0.5, 0.6) is 0 Å². The number of hydrogen-bond acceptors (Lipinski definition) is 4. The van der Waals surface area contributed by atoms with E-state index in [0.717, 1.165) is 33.3 Å². The summed E-state index contributed by atoms with van der Waals surface area (Å²) in [6.45, 7) is 1.75. The lowest BCUT2D eigenvalue weighted by molar-refractivity contribution is 0.200. The third-order valence-electron chi connectivity index (χ3n) is 4.05. The van der Waals surface area contributed by atoms with Gasteiger partial charge in [-0.15, -0.1) is 0 Å². The summed E-state index contributed by atoms with van der Waals surface area (Å²) in [6.07, 6.45) is 8.44. The fourth-order valence-corrected chi connectivity index (χ4v) is 2.84. The number of aliphatic hydroxyl groups excluding tert-OH is 1. The van der Waals surface area contributed by atoms with E-state index in [-0.39, 0.29) is 0 Å². The van der Waals surface area contributed by atoms with E-state index in [4.69, 9.17) is 0 Å². The Kier molecular flexibility index (Phi) is 3.55. The van der Waals surface area contributed by atoms with E-state index in [1.165, 1.54) is 0 Å². The van der Waals surface area contributed by atoms with Crippen LogP contribution in [0, 0.1) is 0 Å². The van der Waals surface area contributed by atoms with Gasteiger partial charge in [-0.3, -0.25) is 4.98 Å². The highest BCUT2D eigenvalue weighted by molar-refractivity contribution is 5.91. The Morgan fingerprint density at radius 1 is 0.958 bits per heavy atom. The standard InChI is InChI=1S/C19H16N4O/c1-13(24)18-11-21-19(17-7-3-2-6-16(17)18)23-12-15(10-22-23)14-5-4-8-20-9-14/h2-13,24H,1H3. The topological polar surface area (TPSA) is 63.8 Å². The first-order chi connectivity index (χ1) is 11.7. The summed E-state index contributed by atoms with van der Waals surface area (Å²) >= 11 is 0. The summed E-state index contributed by atoms with van der Waals surface area (Å²) in [5.41, 5.74) is 2.80. The zero-order valence-corrected chi connectivity index (χ0v) is 13.2. The molecule has 1 N–H and O–H groups in total. The van der Waals surface area contributed by atoms with Crippen LogP contribution in [0.1, 0.15) is 18.6 Å². The molecule has 1 aromatic carbocycles. The highest BCUT2D eigenvalue weighted by Gasteiger charge is 2.13. The van der Waals surface area contributed by atoms with Crippen LogP contribution in [0.4, 0.5) is 0 Å². The first-order valence-electron chi connectivity index (χ1n) is 7.75. The molecule has 0 aliphatic carbocycles. The predicted molar refractivity (Wildman–Crippen MR) is 92.7 cm³/mol. The Morgan fingerprint density at radius 2 is 1.79 bits per heavy atom. The van der Waals surface area contributed by atoms with Crippen LogP contribution in [0.3, 0.4) is 0 Å². The zero-order valence-electron chi connectivity index (χ0n) is 13.2. The lowest BCUT2D eigenvalue weighted by Gasteiger charge is -2.12. The predicted octanol–water partition coefficient (Wildman–Crippen LogP) is 3.54. The van der Waals surface area contributed by atoms with E-state index in [1.807, 2.05) is 48.8 Å². The van der Waals surface area contributed by atoms with Gasteiger partial charge in [0.25, 0.3) is 0 Å². The minimum atomic E-state index is -0.569. The molecule has 0 aliphatic heterocycles. The van der Waals surface area contributed by atoms with Crippen LogP contribution in [-0.4, -0.2) is 24.9 Å². The van der Waals surface area contributed by atoms with Crippen LogP contribution in [0.25, 0.3) is 27.7 Å². The van der Waals surface area contributed by atoms with Gasteiger partial charge in [-0.2, -0.15) is 5.10 Å². The molecule has 0 aliphatic rings. The minimum Gasteiger partial charge on any atom is -0.389 e. The molecule has 0 saturated heterocycles. The third-order valence-corrected chi connectivity index (χ3v) is 4.05. The fourth-order valence-electron chi connectivity index (χ4n) is 2.84.